The van der Waals surface area contributed by atoms with Gasteiger partial charge in [0.15, 0.2) is 5.60 Å². The number of carbonyl (C=O) groups is 5. The van der Waals surface area contributed by atoms with E-state index in [1.54, 1.807) is 25.1 Å². The highest BCUT2D eigenvalue weighted by Gasteiger charge is 2.56. The summed E-state index contributed by atoms with van der Waals surface area (Å²) in [4.78, 5) is 75.5. The molecular weight excluding hydrogens is 670 g/mol. The zero-order valence-electron chi connectivity index (χ0n) is 29.4. The Morgan fingerprint density at radius 1 is 1.06 bits per heavy atom. The normalized spacial score (nSPS) is 24.9. The number of ketones is 2. The first-order valence-electron chi connectivity index (χ1n) is 17.9. The predicted molar refractivity (Wildman–Crippen MR) is 184 cm³/mol. The number of rotatable bonds is 12. The largest absolute Gasteiger partial charge is 0.387 e. The fraction of sp³-hybridized carbons (Fsp3) is 0.676. The van der Waals surface area contributed by atoms with Gasteiger partial charge >= 0.3 is 0 Å². The lowest BCUT2D eigenvalue weighted by Crippen LogP contribution is -2.59. The SMILES string of the molecule is CCC[C@H](NC(=O)[C@@H]1C[C@]2(CC(c3cccc(Cl)c3)=NO2)CN1C(=O)[C@@H](NC(=O)CC1CCCCC1)C(C)(C)C)C(=O)C(=O)C1CC(F)(F)C1. The minimum Gasteiger partial charge on any atom is -0.387 e. The van der Waals surface area contributed by atoms with Gasteiger partial charge < -0.3 is 20.4 Å². The highest BCUT2D eigenvalue weighted by atomic mass is 35.5. The Morgan fingerprint density at radius 2 is 1.76 bits per heavy atom. The molecule has 2 aliphatic heterocycles. The molecule has 0 unspecified atom stereocenters. The van der Waals surface area contributed by atoms with Crippen LogP contribution in [0.1, 0.15) is 110 Å². The van der Waals surface area contributed by atoms with Crippen molar-refractivity contribution >= 4 is 46.6 Å². The van der Waals surface area contributed by atoms with E-state index in [0.29, 0.717) is 23.6 Å². The Hall–Kier alpha value is -3.41. The number of nitrogens with zero attached hydrogens (tertiary/aromatic N) is 2. The average molecular weight is 719 g/mol. The van der Waals surface area contributed by atoms with Gasteiger partial charge in [-0.25, -0.2) is 8.78 Å². The van der Waals surface area contributed by atoms with E-state index in [-0.39, 0.29) is 37.6 Å². The molecule has 10 nitrogen and oxygen atoms in total. The third kappa shape index (κ3) is 8.72. The van der Waals surface area contributed by atoms with Gasteiger partial charge in [0.1, 0.15) is 12.1 Å². The molecule has 50 heavy (non-hydrogen) atoms. The fourth-order valence-electron chi connectivity index (χ4n) is 7.68. The maximum Gasteiger partial charge on any atom is 0.249 e. The molecule has 2 heterocycles. The van der Waals surface area contributed by atoms with Crippen LogP contribution in [0.3, 0.4) is 0 Å². The summed E-state index contributed by atoms with van der Waals surface area (Å²) in [5, 5.41) is 10.5. The first-order valence-corrected chi connectivity index (χ1v) is 18.3. The molecule has 1 spiro atoms. The highest BCUT2D eigenvalue weighted by Crippen LogP contribution is 2.43. The third-order valence-corrected chi connectivity index (χ3v) is 10.7. The number of amides is 3. The van der Waals surface area contributed by atoms with Gasteiger partial charge in [0.05, 0.1) is 18.3 Å². The van der Waals surface area contributed by atoms with Crippen LogP contribution in [-0.2, 0) is 28.8 Å². The van der Waals surface area contributed by atoms with E-state index < -0.39 is 77.2 Å². The van der Waals surface area contributed by atoms with Crippen molar-refractivity contribution in [1.82, 2.24) is 15.5 Å². The van der Waals surface area contributed by atoms with Crippen LogP contribution in [0.15, 0.2) is 29.4 Å². The van der Waals surface area contributed by atoms with Gasteiger partial charge in [0, 0.05) is 48.6 Å². The van der Waals surface area contributed by atoms with E-state index in [9.17, 15) is 32.8 Å². The monoisotopic (exact) mass is 718 g/mol. The van der Waals surface area contributed by atoms with Gasteiger partial charge in [0.2, 0.25) is 35.2 Å². The predicted octanol–water partition coefficient (Wildman–Crippen LogP) is 5.77. The van der Waals surface area contributed by atoms with Crippen molar-refractivity contribution in [2.24, 2.45) is 22.4 Å². The van der Waals surface area contributed by atoms with Crippen LogP contribution in [0.2, 0.25) is 5.02 Å². The van der Waals surface area contributed by atoms with Gasteiger partial charge in [-0.15, -0.1) is 0 Å². The summed E-state index contributed by atoms with van der Waals surface area (Å²) in [6.07, 6.45) is 5.01. The number of Topliss-reactive ketones (excluding diaryl/α,β-unsaturated/α-hetero) is 2. The molecule has 1 saturated heterocycles. The van der Waals surface area contributed by atoms with Crippen molar-refractivity contribution in [3.63, 3.8) is 0 Å². The summed E-state index contributed by atoms with van der Waals surface area (Å²) in [6, 6.07) is 3.76. The summed E-state index contributed by atoms with van der Waals surface area (Å²) in [5.74, 6) is -7.02. The molecule has 2 saturated carbocycles. The van der Waals surface area contributed by atoms with Crippen molar-refractivity contribution in [2.75, 3.05) is 6.54 Å². The van der Waals surface area contributed by atoms with Crippen molar-refractivity contribution < 1.29 is 37.6 Å². The number of nitrogens with one attached hydrogen (secondary N) is 2. The first-order chi connectivity index (χ1) is 23.5. The number of oxime groups is 1. The molecule has 2 aliphatic carbocycles. The third-order valence-electron chi connectivity index (χ3n) is 10.5. The zero-order valence-corrected chi connectivity index (χ0v) is 30.1. The van der Waals surface area contributed by atoms with Crippen LogP contribution >= 0.6 is 11.6 Å². The Labute approximate surface area is 297 Å². The molecule has 0 bridgehead atoms. The van der Waals surface area contributed by atoms with Crippen LogP contribution in [0.5, 0.6) is 0 Å². The van der Waals surface area contributed by atoms with Crippen molar-refractivity contribution in [3.8, 4) is 0 Å². The molecule has 4 aliphatic rings. The number of hydrogen-bond donors (Lipinski definition) is 2. The van der Waals surface area contributed by atoms with Crippen molar-refractivity contribution in [1.29, 1.82) is 0 Å². The maximum atomic E-state index is 14.5. The van der Waals surface area contributed by atoms with Crippen LogP contribution < -0.4 is 10.6 Å². The van der Waals surface area contributed by atoms with E-state index in [2.05, 4.69) is 15.8 Å². The van der Waals surface area contributed by atoms with Crippen LogP contribution in [0.25, 0.3) is 0 Å². The average Bonchev–Trinajstić information content (AvgIpc) is 3.64. The summed E-state index contributed by atoms with van der Waals surface area (Å²) >= 11 is 6.23. The number of carbonyl (C=O) groups excluding carboxylic acids is 5. The fourth-order valence-corrected chi connectivity index (χ4v) is 7.88. The molecule has 5 rings (SSSR count). The Balaban J connectivity index is 1.38. The van der Waals surface area contributed by atoms with Gasteiger partial charge in [-0.3, -0.25) is 24.0 Å². The smallest absolute Gasteiger partial charge is 0.249 e. The number of likely N-dealkylation sites (tertiary alicyclic amines) is 1. The van der Waals surface area contributed by atoms with Gasteiger partial charge in [-0.2, -0.15) is 0 Å². The van der Waals surface area contributed by atoms with Gasteiger partial charge in [0.25, 0.3) is 0 Å². The summed E-state index contributed by atoms with van der Waals surface area (Å²) in [5.41, 5.74) is -0.485. The van der Waals surface area contributed by atoms with Gasteiger partial charge in [-0.05, 0) is 42.7 Å². The van der Waals surface area contributed by atoms with E-state index in [1.807, 2.05) is 26.8 Å². The second kappa shape index (κ2) is 15.1. The molecule has 1 aromatic rings. The number of benzene rings is 1. The second-order valence-corrected chi connectivity index (χ2v) is 16.2. The lowest BCUT2D eigenvalue weighted by molar-refractivity contribution is -0.156. The zero-order chi connectivity index (χ0) is 36.4. The molecule has 0 aromatic heterocycles. The Morgan fingerprint density at radius 3 is 2.38 bits per heavy atom. The Kier molecular flexibility index (Phi) is 11.4. The maximum absolute atomic E-state index is 14.5. The van der Waals surface area contributed by atoms with E-state index in [4.69, 9.17) is 16.4 Å². The van der Waals surface area contributed by atoms with Crippen LogP contribution in [0.4, 0.5) is 8.78 Å². The quantitative estimate of drug-likeness (QED) is 0.264. The lowest BCUT2D eigenvalue weighted by atomic mass is 9.76. The van der Waals surface area contributed by atoms with Crippen LogP contribution in [-0.4, -0.2) is 76.1 Å². The summed E-state index contributed by atoms with van der Waals surface area (Å²) in [7, 11) is 0. The first kappa shape index (κ1) is 37.8. The molecule has 1 aromatic carbocycles. The molecule has 13 heteroatoms. The highest BCUT2D eigenvalue weighted by molar-refractivity contribution is 6.40. The molecule has 3 fully saturated rings. The lowest BCUT2D eigenvalue weighted by Gasteiger charge is -2.36. The minimum absolute atomic E-state index is 0.0228. The van der Waals surface area contributed by atoms with Crippen LogP contribution in [0, 0.1) is 17.3 Å². The standard InChI is InChI=1S/C37H49ClF2N4O6/c1-5-10-26(31(47)30(46)24-17-37(39,40)18-24)41-33(48)28-20-36(19-27(43-50-36)23-13-9-14-25(38)16-23)21-44(28)34(49)32(35(2,3)4)42-29(45)15-22-11-7-6-8-12-22/h9,13-14,16,22,24,26,28,32H,5-8,10-12,15,17-21H2,1-4H3,(H,41,48)(H,42,45)/t26-,28-,32+,36+/m0/s1. The molecule has 0 radical (unpaired) electrons. The van der Waals surface area contributed by atoms with E-state index in [1.165, 1.54) is 4.90 Å². The van der Waals surface area contributed by atoms with Crippen molar-refractivity contribution in [2.45, 2.75) is 134 Å². The topological polar surface area (TPSA) is 134 Å². The number of alkyl halides is 2. The number of halogens is 3. The van der Waals surface area contributed by atoms with Crippen molar-refractivity contribution in [3.05, 3.63) is 34.9 Å². The molecule has 2 N–H and O–H groups in total. The van der Waals surface area contributed by atoms with E-state index in [0.717, 1.165) is 37.7 Å². The molecular formula is C37H49ClF2N4O6. The molecule has 274 valence electrons. The van der Waals surface area contributed by atoms with E-state index >= 15 is 0 Å². The Bertz CT molecular complexity index is 1520. The molecule has 3 amide bonds. The number of hydrogen-bond acceptors (Lipinski definition) is 7. The van der Waals surface area contributed by atoms with Gasteiger partial charge in [-0.1, -0.05) is 82.3 Å². The minimum atomic E-state index is -2.98. The molecule has 4 atom stereocenters. The summed E-state index contributed by atoms with van der Waals surface area (Å²) < 4.78 is 27.0. The summed E-state index contributed by atoms with van der Waals surface area (Å²) in [6.45, 7) is 7.28. The second-order valence-electron chi connectivity index (χ2n) is 15.8.